The van der Waals surface area contributed by atoms with Crippen molar-refractivity contribution in [3.05, 3.63) is 35.4 Å². The van der Waals surface area contributed by atoms with E-state index >= 15 is 0 Å². The predicted molar refractivity (Wildman–Crippen MR) is 75.7 cm³/mol. The molecule has 3 nitrogen and oxygen atoms in total. The van der Waals surface area contributed by atoms with Crippen molar-refractivity contribution in [3.8, 4) is 0 Å². The molecule has 0 aromatic heterocycles. The van der Waals surface area contributed by atoms with Crippen LogP contribution in [0.3, 0.4) is 0 Å². The molecule has 0 aliphatic heterocycles. The summed E-state index contributed by atoms with van der Waals surface area (Å²) in [6.07, 6.45) is -3.30. The number of benzene rings is 1. The molecule has 0 unspecified atom stereocenters. The first kappa shape index (κ1) is 17.5. The van der Waals surface area contributed by atoms with E-state index in [9.17, 15) is 18.0 Å². The zero-order chi connectivity index (χ0) is 15.9. The average molecular weight is 302 g/mol. The fourth-order valence-corrected chi connectivity index (χ4v) is 1.79. The molecule has 118 valence electrons. The van der Waals surface area contributed by atoms with Gasteiger partial charge in [-0.15, -0.1) is 0 Å². The quantitative estimate of drug-likeness (QED) is 0.760. The third-order valence-electron chi connectivity index (χ3n) is 2.88. The van der Waals surface area contributed by atoms with Crippen LogP contribution in [0.1, 0.15) is 37.8 Å². The van der Waals surface area contributed by atoms with Gasteiger partial charge in [-0.3, -0.25) is 4.79 Å². The third-order valence-corrected chi connectivity index (χ3v) is 2.88. The van der Waals surface area contributed by atoms with Gasteiger partial charge in [0.05, 0.1) is 5.56 Å². The summed E-state index contributed by atoms with van der Waals surface area (Å²) in [6, 6.07) is 5.36. The van der Waals surface area contributed by atoms with Crippen molar-refractivity contribution >= 4 is 5.91 Å². The molecule has 1 aromatic rings. The molecule has 0 heterocycles. The summed E-state index contributed by atoms with van der Waals surface area (Å²) >= 11 is 0. The Bertz CT molecular complexity index is 458. The fraction of sp³-hybridized carbons (Fsp3) is 0.533. The lowest BCUT2D eigenvalue weighted by Gasteiger charge is -2.10. The Labute approximate surface area is 122 Å². The molecule has 0 aliphatic rings. The van der Waals surface area contributed by atoms with E-state index in [-0.39, 0.29) is 12.5 Å². The van der Waals surface area contributed by atoms with Crippen molar-refractivity contribution in [2.24, 2.45) is 0 Å². The van der Waals surface area contributed by atoms with Gasteiger partial charge < -0.3 is 10.6 Å². The Morgan fingerprint density at radius 2 is 2.00 bits per heavy atom. The van der Waals surface area contributed by atoms with Gasteiger partial charge in [0.1, 0.15) is 0 Å². The molecule has 1 rings (SSSR count). The summed E-state index contributed by atoms with van der Waals surface area (Å²) < 4.78 is 37.6. The summed E-state index contributed by atoms with van der Waals surface area (Å²) in [6.45, 7) is 4.90. The number of rotatable bonds is 7. The number of hydrogen-bond acceptors (Lipinski definition) is 2. The first-order valence-electron chi connectivity index (χ1n) is 6.95. The van der Waals surface area contributed by atoms with E-state index in [1.807, 2.05) is 13.8 Å². The molecule has 0 bridgehead atoms. The Balaban J connectivity index is 2.36. The van der Waals surface area contributed by atoms with Crippen molar-refractivity contribution in [3.63, 3.8) is 0 Å². The highest BCUT2D eigenvalue weighted by molar-refractivity contribution is 5.75. The Hall–Kier alpha value is -1.56. The van der Waals surface area contributed by atoms with E-state index in [1.165, 1.54) is 6.07 Å². The summed E-state index contributed by atoms with van der Waals surface area (Å²) in [5, 5.41) is 5.83. The number of nitrogens with one attached hydrogen (secondary N) is 2. The van der Waals surface area contributed by atoms with Gasteiger partial charge in [-0.05, 0) is 30.7 Å². The highest BCUT2D eigenvalue weighted by atomic mass is 19.4. The van der Waals surface area contributed by atoms with Crippen LogP contribution >= 0.6 is 0 Å². The van der Waals surface area contributed by atoms with Crippen molar-refractivity contribution < 1.29 is 18.0 Å². The zero-order valence-electron chi connectivity index (χ0n) is 12.3. The van der Waals surface area contributed by atoms with E-state index in [0.29, 0.717) is 24.4 Å². The van der Waals surface area contributed by atoms with Crippen molar-refractivity contribution in [2.75, 3.05) is 6.54 Å². The highest BCUT2D eigenvalue weighted by Gasteiger charge is 2.30. The maximum atomic E-state index is 12.5. The van der Waals surface area contributed by atoms with Gasteiger partial charge >= 0.3 is 6.18 Å². The second-order valence-electron chi connectivity index (χ2n) is 5.19. The molecule has 21 heavy (non-hydrogen) atoms. The molecule has 0 saturated carbocycles. The van der Waals surface area contributed by atoms with E-state index in [0.717, 1.165) is 18.7 Å². The number of halogens is 3. The predicted octanol–water partition coefficient (Wildman–Crippen LogP) is 3.10. The second kappa shape index (κ2) is 8.02. The van der Waals surface area contributed by atoms with Crippen LogP contribution in [0.15, 0.2) is 24.3 Å². The smallest absolute Gasteiger partial charge is 0.352 e. The molecule has 0 saturated heterocycles. The number of carbonyl (C=O) groups excluding carboxylic acids is 1. The van der Waals surface area contributed by atoms with Crippen LogP contribution in [-0.2, 0) is 17.5 Å². The van der Waals surface area contributed by atoms with E-state index < -0.39 is 11.7 Å². The molecule has 1 amide bonds. The van der Waals surface area contributed by atoms with Crippen LogP contribution in [-0.4, -0.2) is 18.5 Å². The largest absolute Gasteiger partial charge is 0.416 e. The monoisotopic (exact) mass is 302 g/mol. The van der Waals surface area contributed by atoms with Crippen LogP contribution in [0, 0.1) is 0 Å². The lowest BCUT2D eigenvalue weighted by atomic mass is 10.1. The zero-order valence-corrected chi connectivity index (χ0v) is 12.3. The van der Waals surface area contributed by atoms with E-state index in [1.54, 1.807) is 6.07 Å². The van der Waals surface area contributed by atoms with Gasteiger partial charge in [0.2, 0.25) is 5.91 Å². The maximum absolute atomic E-state index is 12.5. The lowest BCUT2D eigenvalue weighted by molar-refractivity contribution is -0.137. The number of alkyl halides is 3. The minimum absolute atomic E-state index is 0.111. The standard InChI is InChI=1S/C15H21F3N2O/c1-11(2)19-8-4-7-14(21)20-10-12-5-3-6-13(9-12)15(16,17)18/h3,5-6,9,11,19H,4,7-8,10H2,1-2H3,(H,20,21). The first-order chi connectivity index (χ1) is 9.79. The Morgan fingerprint density at radius 3 is 2.62 bits per heavy atom. The van der Waals surface area contributed by atoms with Crippen molar-refractivity contribution in [1.29, 1.82) is 0 Å². The molecule has 0 spiro atoms. The van der Waals surface area contributed by atoms with Gasteiger partial charge in [0.25, 0.3) is 0 Å². The van der Waals surface area contributed by atoms with Crippen molar-refractivity contribution in [1.82, 2.24) is 10.6 Å². The highest BCUT2D eigenvalue weighted by Crippen LogP contribution is 2.29. The van der Waals surface area contributed by atoms with Gasteiger partial charge in [0, 0.05) is 19.0 Å². The van der Waals surface area contributed by atoms with Crippen LogP contribution in [0.4, 0.5) is 13.2 Å². The molecule has 0 aliphatic carbocycles. The maximum Gasteiger partial charge on any atom is 0.416 e. The fourth-order valence-electron chi connectivity index (χ4n) is 1.79. The van der Waals surface area contributed by atoms with Crippen LogP contribution in [0.5, 0.6) is 0 Å². The molecule has 6 heteroatoms. The Kier molecular flexibility index (Phi) is 6.68. The van der Waals surface area contributed by atoms with Crippen LogP contribution in [0.2, 0.25) is 0 Å². The van der Waals surface area contributed by atoms with Crippen LogP contribution < -0.4 is 10.6 Å². The summed E-state index contributed by atoms with van der Waals surface area (Å²) in [5.74, 6) is -0.155. The second-order valence-corrected chi connectivity index (χ2v) is 5.19. The van der Waals surface area contributed by atoms with Gasteiger partial charge in [0.15, 0.2) is 0 Å². The summed E-state index contributed by atoms with van der Waals surface area (Å²) in [7, 11) is 0. The molecular formula is C15H21F3N2O. The summed E-state index contributed by atoms with van der Waals surface area (Å²) in [5.41, 5.74) is -0.256. The van der Waals surface area contributed by atoms with Crippen molar-refractivity contribution in [2.45, 2.75) is 45.5 Å². The first-order valence-corrected chi connectivity index (χ1v) is 6.95. The molecule has 2 N–H and O–H groups in total. The van der Waals surface area contributed by atoms with Gasteiger partial charge in [-0.25, -0.2) is 0 Å². The minimum Gasteiger partial charge on any atom is -0.352 e. The molecular weight excluding hydrogens is 281 g/mol. The average Bonchev–Trinajstić information content (AvgIpc) is 2.40. The number of amides is 1. The van der Waals surface area contributed by atoms with E-state index in [4.69, 9.17) is 0 Å². The Morgan fingerprint density at radius 1 is 1.29 bits per heavy atom. The third kappa shape index (κ3) is 7.13. The minimum atomic E-state index is -4.36. The van der Waals surface area contributed by atoms with Gasteiger partial charge in [-0.2, -0.15) is 13.2 Å². The van der Waals surface area contributed by atoms with E-state index in [2.05, 4.69) is 10.6 Å². The van der Waals surface area contributed by atoms with Crippen LogP contribution in [0.25, 0.3) is 0 Å². The topological polar surface area (TPSA) is 41.1 Å². The number of carbonyl (C=O) groups is 1. The van der Waals surface area contributed by atoms with Gasteiger partial charge in [-0.1, -0.05) is 26.0 Å². The number of hydrogen-bond donors (Lipinski definition) is 2. The molecule has 0 atom stereocenters. The SMILES string of the molecule is CC(C)NCCCC(=O)NCc1cccc(C(F)(F)F)c1. The molecule has 0 radical (unpaired) electrons. The summed E-state index contributed by atoms with van der Waals surface area (Å²) in [4.78, 5) is 11.6. The molecule has 1 aromatic carbocycles. The molecule has 0 fully saturated rings. The normalized spacial score (nSPS) is 11.7. The lowest BCUT2D eigenvalue weighted by Crippen LogP contribution is -2.27.